The van der Waals surface area contributed by atoms with Crippen LogP contribution >= 0.6 is 11.3 Å². The molecule has 0 saturated heterocycles. The lowest BCUT2D eigenvalue weighted by Crippen LogP contribution is -2.34. The van der Waals surface area contributed by atoms with E-state index in [1.807, 2.05) is 11.6 Å². The maximum Gasteiger partial charge on any atom is 0.109 e. The van der Waals surface area contributed by atoms with Gasteiger partial charge in [0.1, 0.15) is 5.01 Å². The van der Waals surface area contributed by atoms with Gasteiger partial charge in [-0.2, -0.15) is 0 Å². The minimum Gasteiger partial charge on any atom is -0.389 e. The third kappa shape index (κ3) is 6.79. The fourth-order valence-electron chi connectivity index (χ4n) is 2.16. The van der Waals surface area contributed by atoms with E-state index in [-0.39, 0.29) is 12.1 Å². The summed E-state index contributed by atoms with van der Waals surface area (Å²) in [6.07, 6.45) is 3.53. The van der Waals surface area contributed by atoms with Crippen molar-refractivity contribution in [3.05, 3.63) is 16.6 Å². The maximum atomic E-state index is 9.97. The molecule has 1 aromatic heterocycles. The lowest BCUT2D eigenvalue weighted by atomic mass is 10.1. The van der Waals surface area contributed by atoms with E-state index in [1.54, 1.807) is 11.3 Å². The van der Waals surface area contributed by atoms with E-state index in [4.69, 9.17) is 4.74 Å². The van der Waals surface area contributed by atoms with Crippen LogP contribution in [0, 0.1) is 5.92 Å². The summed E-state index contributed by atoms with van der Waals surface area (Å²) in [6, 6.07) is 0.220. The highest BCUT2D eigenvalue weighted by molar-refractivity contribution is 7.09. The van der Waals surface area contributed by atoms with E-state index in [0.717, 1.165) is 17.8 Å². The SMILES string of the molecule is CCC(NCC(O)COC(C)CC(C)C)c1nccs1. The highest BCUT2D eigenvalue weighted by Gasteiger charge is 2.14. The summed E-state index contributed by atoms with van der Waals surface area (Å²) in [4.78, 5) is 4.32. The number of thiazole rings is 1. The Morgan fingerprint density at radius 3 is 2.70 bits per heavy atom. The third-order valence-corrected chi connectivity index (χ3v) is 4.02. The summed E-state index contributed by atoms with van der Waals surface area (Å²) < 4.78 is 5.67. The standard InChI is InChI=1S/C15H28N2O2S/c1-5-14(15-16-6-7-20-15)17-9-13(18)10-19-12(4)8-11(2)3/h6-7,11-14,17-18H,5,8-10H2,1-4H3. The summed E-state index contributed by atoms with van der Waals surface area (Å²) in [6.45, 7) is 9.45. The number of aliphatic hydroxyl groups is 1. The van der Waals surface area contributed by atoms with Crippen molar-refractivity contribution in [2.45, 2.75) is 58.8 Å². The van der Waals surface area contributed by atoms with E-state index in [0.29, 0.717) is 19.1 Å². The smallest absolute Gasteiger partial charge is 0.109 e. The summed E-state index contributed by atoms with van der Waals surface area (Å²) in [7, 11) is 0. The van der Waals surface area contributed by atoms with Crippen LogP contribution in [0.2, 0.25) is 0 Å². The quantitative estimate of drug-likeness (QED) is 0.697. The molecule has 116 valence electrons. The summed E-state index contributed by atoms with van der Waals surface area (Å²) in [5.41, 5.74) is 0. The van der Waals surface area contributed by atoms with Gasteiger partial charge in [0.2, 0.25) is 0 Å². The van der Waals surface area contributed by atoms with E-state index >= 15 is 0 Å². The zero-order valence-corrected chi connectivity index (χ0v) is 13.8. The van der Waals surface area contributed by atoms with Crippen molar-refractivity contribution in [2.75, 3.05) is 13.2 Å². The highest BCUT2D eigenvalue weighted by Crippen LogP contribution is 2.18. The molecule has 0 aliphatic heterocycles. The van der Waals surface area contributed by atoms with Gasteiger partial charge in [-0.25, -0.2) is 4.98 Å². The molecule has 0 aromatic carbocycles. The average molecular weight is 300 g/mol. The van der Waals surface area contributed by atoms with Gasteiger partial charge in [0.15, 0.2) is 0 Å². The maximum absolute atomic E-state index is 9.97. The highest BCUT2D eigenvalue weighted by atomic mass is 32.1. The van der Waals surface area contributed by atoms with Crippen molar-refractivity contribution >= 4 is 11.3 Å². The molecule has 0 fully saturated rings. The molecule has 4 nitrogen and oxygen atoms in total. The Hall–Kier alpha value is -0.490. The van der Waals surface area contributed by atoms with Gasteiger partial charge in [0.25, 0.3) is 0 Å². The second-order valence-electron chi connectivity index (χ2n) is 5.67. The molecule has 0 aliphatic rings. The summed E-state index contributed by atoms with van der Waals surface area (Å²) >= 11 is 1.65. The molecule has 0 bridgehead atoms. The molecule has 3 atom stereocenters. The molecule has 3 unspecified atom stereocenters. The number of ether oxygens (including phenoxy) is 1. The number of nitrogens with zero attached hydrogens (tertiary/aromatic N) is 1. The molecule has 5 heteroatoms. The van der Waals surface area contributed by atoms with Gasteiger partial charge in [0.05, 0.1) is 24.9 Å². The van der Waals surface area contributed by atoms with Crippen molar-refractivity contribution < 1.29 is 9.84 Å². The molecule has 1 heterocycles. The minimum atomic E-state index is -0.473. The van der Waals surface area contributed by atoms with Crippen LogP contribution in [0.3, 0.4) is 0 Å². The zero-order chi connectivity index (χ0) is 15.0. The average Bonchev–Trinajstić information content (AvgIpc) is 2.90. The van der Waals surface area contributed by atoms with E-state index in [1.165, 1.54) is 0 Å². The molecule has 0 radical (unpaired) electrons. The van der Waals surface area contributed by atoms with E-state index in [2.05, 4.69) is 38.0 Å². The minimum absolute atomic E-state index is 0.200. The Kier molecular flexibility index (Phi) is 8.30. The fourth-order valence-corrected chi connectivity index (χ4v) is 2.95. The molecule has 0 aliphatic carbocycles. The van der Waals surface area contributed by atoms with Gasteiger partial charge >= 0.3 is 0 Å². The van der Waals surface area contributed by atoms with Crippen LogP contribution in [0.4, 0.5) is 0 Å². The van der Waals surface area contributed by atoms with Crippen LogP contribution in [-0.4, -0.2) is 35.5 Å². The molecular formula is C15H28N2O2S. The van der Waals surface area contributed by atoms with Gasteiger partial charge < -0.3 is 15.2 Å². The Labute approximate surface area is 126 Å². The van der Waals surface area contributed by atoms with Crippen molar-refractivity contribution in [3.63, 3.8) is 0 Å². The molecule has 0 amide bonds. The molecule has 1 rings (SSSR count). The van der Waals surface area contributed by atoms with Crippen molar-refractivity contribution in [1.29, 1.82) is 0 Å². The van der Waals surface area contributed by atoms with Crippen molar-refractivity contribution in [3.8, 4) is 0 Å². The van der Waals surface area contributed by atoms with E-state index in [9.17, 15) is 5.11 Å². The molecule has 2 N–H and O–H groups in total. The lowest BCUT2D eigenvalue weighted by Gasteiger charge is -2.20. The van der Waals surface area contributed by atoms with Crippen LogP contribution < -0.4 is 5.32 Å². The number of hydrogen-bond donors (Lipinski definition) is 2. The van der Waals surface area contributed by atoms with Gasteiger partial charge in [0, 0.05) is 18.1 Å². The number of nitrogens with one attached hydrogen (secondary N) is 1. The number of aliphatic hydroxyl groups excluding tert-OH is 1. The van der Waals surface area contributed by atoms with Gasteiger partial charge in [-0.3, -0.25) is 0 Å². The molecule has 0 spiro atoms. The Bertz CT molecular complexity index is 344. The van der Waals surface area contributed by atoms with Gasteiger partial charge in [-0.1, -0.05) is 20.8 Å². The number of aromatic nitrogens is 1. The number of rotatable bonds is 10. The fraction of sp³-hybridized carbons (Fsp3) is 0.800. The van der Waals surface area contributed by atoms with Crippen LogP contribution in [-0.2, 0) is 4.74 Å². The Morgan fingerprint density at radius 1 is 1.40 bits per heavy atom. The van der Waals surface area contributed by atoms with Crippen LogP contribution in [0.5, 0.6) is 0 Å². The van der Waals surface area contributed by atoms with Crippen molar-refractivity contribution in [2.24, 2.45) is 5.92 Å². The van der Waals surface area contributed by atoms with Gasteiger partial charge in [-0.05, 0) is 25.7 Å². The predicted molar refractivity (Wildman–Crippen MR) is 84.0 cm³/mol. The second-order valence-corrected chi connectivity index (χ2v) is 6.59. The Morgan fingerprint density at radius 2 is 2.15 bits per heavy atom. The number of hydrogen-bond acceptors (Lipinski definition) is 5. The topological polar surface area (TPSA) is 54.4 Å². The molecule has 1 aromatic rings. The first-order valence-corrected chi connectivity index (χ1v) is 8.33. The van der Waals surface area contributed by atoms with Crippen LogP contribution in [0.1, 0.15) is 51.6 Å². The monoisotopic (exact) mass is 300 g/mol. The van der Waals surface area contributed by atoms with Crippen LogP contribution in [0.25, 0.3) is 0 Å². The lowest BCUT2D eigenvalue weighted by molar-refractivity contribution is -0.00933. The van der Waals surface area contributed by atoms with Gasteiger partial charge in [-0.15, -0.1) is 11.3 Å². The second kappa shape index (κ2) is 9.45. The first-order chi connectivity index (χ1) is 9.52. The molecular weight excluding hydrogens is 272 g/mol. The predicted octanol–water partition coefficient (Wildman–Crippen LogP) is 3.00. The van der Waals surface area contributed by atoms with E-state index < -0.39 is 6.10 Å². The first-order valence-electron chi connectivity index (χ1n) is 7.45. The molecule has 0 saturated carbocycles. The zero-order valence-electron chi connectivity index (χ0n) is 13.0. The normalized spacial score (nSPS) is 16.3. The molecule has 20 heavy (non-hydrogen) atoms. The van der Waals surface area contributed by atoms with Crippen LogP contribution in [0.15, 0.2) is 11.6 Å². The first kappa shape index (κ1) is 17.6. The summed E-state index contributed by atoms with van der Waals surface area (Å²) in [5, 5.41) is 16.4. The van der Waals surface area contributed by atoms with Crippen molar-refractivity contribution in [1.82, 2.24) is 10.3 Å². The largest absolute Gasteiger partial charge is 0.389 e. The Balaban J connectivity index is 2.23. The summed E-state index contributed by atoms with van der Waals surface area (Å²) in [5.74, 6) is 0.620. The third-order valence-electron chi connectivity index (χ3n) is 3.13.